The average Bonchev–Trinajstić information content (AvgIpc) is 3.16. The number of aromatic amines is 1. The molecule has 0 radical (unpaired) electrons. The Morgan fingerprint density at radius 3 is 3.04 bits per heavy atom. The number of likely N-dealkylation sites (tertiary alicyclic amines) is 1. The van der Waals surface area contributed by atoms with Crippen LogP contribution in [0.2, 0.25) is 0 Å². The van der Waals surface area contributed by atoms with Gasteiger partial charge < -0.3 is 14.8 Å². The highest BCUT2D eigenvalue weighted by Crippen LogP contribution is 2.21. The summed E-state index contributed by atoms with van der Waals surface area (Å²) < 4.78 is 0. The zero-order valence-electron chi connectivity index (χ0n) is 13.8. The molecule has 1 aliphatic rings. The summed E-state index contributed by atoms with van der Waals surface area (Å²) in [6.45, 7) is 5.55. The zero-order valence-corrected chi connectivity index (χ0v) is 13.8. The molecule has 5 heteroatoms. The predicted octanol–water partition coefficient (Wildman–Crippen LogP) is 2.31. The maximum Gasteiger partial charge on any atom is 0.255 e. The second kappa shape index (κ2) is 6.96. The van der Waals surface area contributed by atoms with Crippen LogP contribution < -0.4 is 0 Å². The third-order valence-electron chi connectivity index (χ3n) is 4.50. The third-order valence-corrected chi connectivity index (χ3v) is 4.50. The van der Waals surface area contributed by atoms with Crippen LogP contribution in [0.5, 0.6) is 0 Å². The van der Waals surface area contributed by atoms with Crippen molar-refractivity contribution in [2.75, 3.05) is 26.7 Å². The molecule has 0 aromatic carbocycles. The van der Waals surface area contributed by atoms with Gasteiger partial charge in [0.2, 0.25) is 0 Å². The number of H-pyrrole nitrogens is 1. The Kier molecular flexibility index (Phi) is 4.76. The van der Waals surface area contributed by atoms with E-state index in [2.05, 4.69) is 28.0 Å². The fourth-order valence-electron chi connectivity index (χ4n) is 3.33. The monoisotopic (exact) mass is 312 g/mol. The van der Waals surface area contributed by atoms with Gasteiger partial charge in [0.05, 0.1) is 5.56 Å². The van der Waals surface area contributed by atoms with E-state index in [-0.39, 0.29) is 5.91 Å². The Morgan fingerprint density at radius 2 is 2.35 bits per heavy atom. The van der Waals surface area contributed by atoms with Crippen LogP contribution in [0.3, 0.4) is 0 Å². The molecule has 3 rings (SSSR count). The molecule has 23 heavy (non-hydrogen) atoms. The molecular formula is C18H24N4O. The molecule has 3 heterocycles. The highest BCUT2D eigenvalue weighted by atomic mass is 16.2. The third kappa shape index (κ3) is 3.79. The van der Waals surface area contributed by atoms with E-state index in [1.54, 1.807) is 6.20 Å². The van der Waals surface area contributed by atoms with Gasteiger partial charge >= 0.3 is 0 Å². The summed E-state index contributed by atoms with van der Waals surface area (Å²) in [5, 5.41) is 0. The van der Waals surface area contributed by atoms with Gasteiger partial charge in [-0.3, -0.25) is 9.78 Å². The molecule has 0 saturated carbocycles. The number of hydrogen-bond acceptors (Lipinski definition) is 3. The van der Waals surface area contributed by atoms with E-state index < -0.39 is 0 Å². The maximum absolute atomic E-state index is 12.5. The molecule has 1 amide bonds. The molecule has 0 spiro atoms. The second-order valence-electron chi connectivity index (χ2n) is 6.48. The normalized spacial score (nSPS) is 17.9. The van der Waals surface area contributed by atoms with E-state index >= 15 is 0 Å². The zero-order chi connectivity index (χ0) is 16.2. The molecule has 1 N–H and O–H groups in total. The topological polar surface area (TPSA) is 52.2 Å². The number of pyridine rings is 1. The van der Waals surface area contributed by atoms with Crippen molar-refractivity contribution in [3.63, 3.8) is 0 Å². The quantitative estimate of drug-likeness (QED) is 0.922. The van der Waals surface area contributed by atoms with E-state index in [1.807, 2.05) is 36.4 Å². The molecule has 1 aliphatic heterocycles. The van der Waals surface area contributed by atoms with Crippen LogP contribution in [-0.2, 0) is 6.54 Å². The number of carbonyl (C=O) groups excluding carboxylic acids is 1. The summed E-state index contributed by atoms with van der Waals surface area (Å²) in [6, 6.07) is 5.94. The number of amides is 1. The first-order valence-electron chi connectivity index (χ1n) is 8.14. The van der Waals surface area contributed by atoms with Crippen LogP contribution in [0.1, 0.15) is 28.0 Å². The molecule has 0 bridgehead atoms. The van der Waals surface area contributed by atoms with Gasteiger partial charge in [-0.2, -0.15) is 0 Å². The van der Waals surface area contributed by atoms with Crippen LogP contribution in [0.15, 0.2) is 36.8 Å². The second-order valence-corrected chi connectivity index (χ2v) is 6.48. The van der Waals surface area contributed by atoms with E-state index in [9.17, 15) is 4.79 Å². The Bertz CT molecular complexity index is 652. The van der Waals surface area contributed by atoms with Crippen molar-refractivity contribution >= 4 is 5.91 Å². The van der Waals surface area contributed by atoms with Gasteiger partial charge in [0.25, 0.3) is 5.91 Å². The summed E-state index contributed by atoms with van der Waals surface area (Å²) in [6.07, 6.45) is 6.62. The smallest absolute Gasteiger partial charge is 0.255 e. The molecule has 1 atom stereocenters. The highest BCUT2D eigenvalue weighted by molar-refractivity contribution is 5.95. The molecule has 0 unspecified atom stereocenters. The lowest BCUT2D eigenvalue weighted by atomic mass is 10.1. The Balaban J connectivity index is 1.52. The fraction of sp³-hybridized carbons (Fsp3) is 0.444. The molecular weight excluding hydrogens is 288 g/mol. The van der Waals surface area contributed by atoms with Crippen molar-refractivity contribution in [1.29, 1.82) is 0 Å². The minimum absolute atomic E-state index is 0.154. The molecule has 1 fully saturated rings. The van der Waals surface area contributed by atoms with Gasteiger partial charge in [0, 0.05) is 50.5 Å². The molecule has 2 aromatic heterocycles. The highest BCUT2D eigenvalue weighted by Gasteiger charge is 2.28. The Morgan fingerprint density at radius 1 is 1.48 bits per heavy atom. The van der Waals surface area contributed by atoms with Crippen LogP contribution in [0, 0.1) is 12.8 Å². The van der Waals surface area contributed by atoms with Crippen molar-refractivity contribution in [2.45, 2.75) is 19.9 Å². The molecule has 1 saturated heterocycles. The summed E-state index contributed by atoms with van der Waals surface area (Å²) in [4.78, 5) is 24.1. The number of hydrogen-bond donors (Lipinski definition) is 1. The first-order valence-corrected chi connectivity index (χ1v) is 8.14. The Labute approximate surface area is 137 Å². The molecule has 2 aromatic rings. The van der Waals surface area contributed by atoms with Gasteiger partial charge in [0.15, 0.2) is 0 Å². The minimum Gasteiger partial charge on any atom is -0.365 e. The molecule has 5 nitrogen and oxygen atoms in total. The van der Waals surface area contributed by atoms with Crippen LogP contribution in [0.4, 0.5) is 0 Å². The van der Waals surface area contributed by atoms with Gasteiger partial charge in [0.1, 0.15) is 0 Å². The van der Waals surface area contributed by atoms with Crippen LogP contribution >= 0.6 is 0 Å². The standard InChI is InChI=1S/C18H24N4O/c1-14-17(5-8-20-14)18(23)22-9-6-16(13-22)12-21(2)11-15-4-3-7-19-10-15/h3-5,7-8,10,16,20H,6,9,11-13H2,1-2H3/t16-/m1/s1. The number of nitrogens with one attached hydrogen (secondary N) is 1. The van der Waals surface area contributed by atoms with Crippen LogP contribution in [0.25, 0.3) is 0 Å². The summed E-state index contributed by atoms with van der Waals surface area (Å²) in [5.74, 6) is 0.695. The van der Waals surface area contributed by atoms with Crippen molar-refractivity contribution in [3.8, 4) is 0 Å². The van der Waals surface area contributed by atoms with Gasteiger partial charge in [-0.15, -0.1) is 0 Å². The van der Waals surface area contributed by atoms with Crippen molar-refractivity contribution in [1.82, 2.24) is 19.8 Å². The van der Waals surface area contributed by atoms with Crippen molar-refractivity contribution < 1.29 is 4.79 Å². The van der Waals surface area contributed by atoms with Crippen molar-refractivity contribution in [3.05, 3.63) is 53.6 Å². The van der Waals surface area contributed by atoms with Gasteiger partial charge in [-0.1, -0.05) is 6.07 Å². The summed E-state index contributed by atoms with van der Waals surface area (Å²) >= 11 is 0. The number of aromatic nitrogens is 2. The Hall–Kier alpha value is -2.14. The maximum atomic E-state index is 12.5. The number of rotatable bonds is 5. The number of carbonyl (C=O) groups is 1. The fourth-order valence-corrected chi connectivity index (χ4v) is 3.33. The largest absolute Gasteiger partial charge is 0.365 e. The molecule has 122 valence electrons. The minimum atomic E-state index is 0.154. The van der Waals surface area contributed by atoms with E-state index in [0.717, 1.165) is 43.9 Å². The summed E-state index contributed by atoms with van der Waals surface area (Å²) in [7, 11) is 2.13. The van der Waals surface area contributed by atoms with E-state index in [4.69, 9.17) is 0 Å². The summed E-state index contributed by atoms with van der Waals surface area (Å²) in [5.41, 5.74) is 2.98. The van der Waals surface area contributed by atoms with Crippen molar-refractivity contribution in [2.24, 2.45) is 5.92 Å². The van der Waals surface area contributed by atoms with Crippen LogP contribution in [-0.4, -0.2) is 52.4 Å². The molecule has 0 aliphatic carbocycles. The van der Waals surface area contributed by atoms with Gasteiger partial charge in [-0.25, -0.2) is 0 Å². The lowest BCUT2D eigenvalue weighted by Gasteiger charge is -2.21. The van der Waals surface area contributed by atoms with E-state index in [1.165, 1.54) is 5.56 Å². The first-order chi connectivity index (χ1) is 11.1. The lowest BCUT2D eigenvalue weighted by Crippen LogP contribution is -2.31. The van der Waals surface area contributed by atoms with Gasteiger partial charge in [-0.05, 0) is 44.0 Å². The first kappa shape index (κ1) is 15.7. The van der Waals surface area contributed by atoms with E-state index in [0.29, 0.717) is 5.92 Å². The average molecular weight is 312 g/mol. The predicted molar refractivity (Wildman–Crippen MR) is 90.1 cm³/mol. The SMILES string of the molecule is Cc1[nH]ccc1C(=O)N1CC[C@H](CN(C)Cc2cccnc2)C1. The number of nitrogens with zero attached hydrogens (tertiary/aromatic N) is 3. The number of aryl methyl sites for hydroxylation is 1. The lowest BCUT2D eigenvalue weighted by molar-refractivity contribution is 0.0783.